The van der Waals surface area contributed by atoms with E-state index in [1.165, 1.54) is 24.3 Å². The Hall–Kier alpha value is -3.23. The molecule has 2 N–H and O–H groups in total. The lowest BCUT2D eigenvalue weighted by Crippen LogP contribution is -2.29. The van der Waals surface area contributed by atoms with E-state index >= 15 is 0 Å². The third-order valence-corrected chi connectivity index (χ3v) is 6.56. The van der Waals surface area contributed by atoms with Crippen molar-refractivity contribution in [1.82, 2.24) is 9.55 Å². The summed E-state index contributed by atoms with van der Waals surface area (Å²) >= 11 is 0. The van der Waals surface area contributed by atoms with Crippen molar-refractivity contribution in [2.45, 2.75) is 65.8 Å². The number of ether oxygens (including phenoxy) is 1. The van der Waals surface area contributed by atoms with E-state index in [0.29, 0.717) is 28.6 Å². The first-order valence-electron chi connectivity index (χ1n) is 11.7. The highest BCUT2D eigenvalue weighted by molar-refractivity contribution is 5.83. The summed E-state index contributed by atoms with van der Waals surface area (Å²) < 4.78 is 43.7. The molecular weight excluding hydrogens is 459 g/mol. The zero-order valence-corrected chi connectivity index (χ0v) is 20.2. The maximum absolute atomic E-state index is 12.5. The molecule has 0 aliphatic heterocycles. The van der Waals surface area contributed by atoms with Crippen molar-refractivity contribution in [1.29, 1.82) is 0 Å². The van der Waals surface area contributed by atoms with Crippen LogP contribution < -0.4 is 10.1 Å². The smallest absolute Gasteiger partial charge is 0.481 e. The fourth-order valence-electron chi connectivity index (χ4n) is 5.46. The number of fused-ring (bicyclic) bond motifs is 1. The number of alkyl halides is 3. The molecule has 188 valence electrons. The number of rotatable bonds is 6. The number of carboxylic acids is 1. The van der Waals surface area contributed by atoms with Gasteiger partial charge in [-0.2, -0.15) is 0 Å². The Balaban J connectivity index is 1.76. The molecule has 1 aliphatic rings. The van der Waals surface area contributed by atoms with Gasteiger partial charge in [0.25, 0.3) is 0 Å². The first-order valence-corrected chi connectivity index (χ1v) is 11.7. The predicted molar refractivity (Wildman–Crippen MR) is 128 cm³/mol. The Morgan fingerprint density at radius 1 is 1.23 bits per heavy atom. The van der Waals surface area contributed by atoms with Gasteiger partial charge in [0, 0.05) is 11.7 Å². The van der Waals surface area contributed by atoms with Crippen LogP contribution in [0.25, 0.3) is 11.0 Å². The molecule has 4 rings (SSSR count). The van der Waals surface area contributed by atoms with E-state index in [2.05, 4.69) is 35.4 Å². The highest BCUT2D eigenvalue weighted by Gasteiger charge is 2.35. The lowest BCUT2D eigenvalue weighted by Gasteiger charge is -2.40. The third-order valence-electron chi connectivity index (χ3n) is 6.56. The second kappa shape index (κ2) is 9.09. The zero-order valence-electron chi connectivity index (χ0n) is 20.2. The number of aryl methyl sites for hydroxylation is 1. The highest BCUT2D eigenvalue weighted by Crippen LogP contribution is 2.46. The van der Waals surface area contributed by atoms with Gasteiger partial charge in [0.1, 0.15) is 5.75 Å². The lowest BCUT2D eigenvalue weighted by atomic mass is 9.70. The van der Waals surface area contributed by atoms with Crippen molar-refractivity contribution < 1.29 is 27.8 Å². The zero-order chi connectivity index (χ0) is 25.5. The lowest BCUT2D eigenvalue weighted by molar-refractivity contribution is -0.274. The molecule has 6 nitrogen and oxygen atoms in total. The van der Waals surface area contributed by atoms with Crippen LogP contribution in [-0.2, 0) is 11.2 Å². The predicted octanol–water partition coefficient (Wildman–Crippen LogP) is 7.00. The summed E-state index contributed by atoms with van der Waals surface area (Å²) in [5, 5.41) is 12.6. The molecule has 1 aliphatic carbocycles. The summed E-state index contributed by atoms with van der Waals surface area (Å²) in [5.74, 6) is -0.117. The van der Waals surface area contributed by atoms with E-state index in [1.54, 1.807) is 0 Å². The van der Waals surface area contributed by atoms with Crippen molar-refractivity contribution in [3.8, 4) is 5.75 Å². The van der Waals surface area contributed by atoms with Gasteiger partial charge < -0.3 is 19.7 Å². The maximum atomic E-state index is 12.5. The van der Waals surface area contributed by atoms with E-state index in [9.17, 15) is 23.1 Å². The first-order chi connectivity index (χ1) is 16.3. The van der Waals surface area contributed by atoms with Crippen LogP contribution in [0.2, 0.25) is 0 Å². The van der Waals surface area contributed by atoms with Gasteiger partial charge in [-0.1, -0.05) is 20.8 Å². The average Bonchev–Trinajstić information content (AvgIpc) is 3.03. The number of anilines is 2. The van der Waals surface area contributed by atoms with Crippen LogP contribution in [0.5, 0.6) is 5.75 Å². The monoisotopic (exact) mass is 489 g/mol. The Kier molecular flexibility index (Phi) is 6.46. The van der Waals surface area contributed by atoms with Crippen molar-refractivity contribution >= 4 is 28.6 Å². The van der Waals surface area contributed by atoms with Crippen LogP contribution in [0.3, 0.4) is 0 Å². The molecule has 2 atom stereocenters. The summed E-state index contributed by atoms with van der Waals surface area (Å²) in [6.07, 6.45) is -1.80. The molecule has 0 bridgehead atoms. The molecule has 1 fully saturated rings. The van der Waals surface area contributed by atoms with Crippen LogP contribution in [0.4, 0.5) is 24.8 Å². The number of carboxylic acid groups (broad SMARTS) is 1. The van der Waals surface area contributed by atoms with Gasteiger partial charge in [-0.05, 0) is 85.0 Å². The molecule has 3 aromatic rings. The molecule has 9 heteroatoms. The molecule has 1 aromatic heterocycles. The van der Waals surface area contributed by atoms with E-state index in [0.717, 1.165) is 30.3 Å². The van der Waals surface area contributed by atoms with Crippen molar-refractivity contribution in [2.75, 3.05) is 5.32 Å². The molecule has 35 heavy (non-hydrogen) atoms. The molecule has 0 amide bonds. The number of benzene rings is 2. The molecule has 1 saturated carbocycles. The van der Waals surface area contributed by atoms with E-state index in [-0.39, 0.29) is 23.6 Å². The van der Waals surface area contributed by atoms with Crippen LogP contribution in [0.1, 0.15) is 57.2 Å². The fourth-order valence-corrected chi connectivity index (χ4v) is 5.46. The third kappa shape index (κ3) is 5.89. The molecular formula is C26H30F3N3O3. The Morgan fingerprint density at radius 2 is 1.91 bits per heavy atom. The van der Waals surface area contributed by atoms with Crippen LogP contribution in [-0.4, -0.2) is 27.0 Å². The van der Waals surface area contributed by atoms with Crippen molar-refractivity contribution in [3.05, 3.63) is 47.5 Å². The number of aromatic nitrogens is 2. The van der Waals surface area contributed by atoms with E-state index in [4.69, 9.17) is 4.98 Å². The molecule has 0 saturated heterocycles. The summed E-state index contributed by atoms with van der Waals surface area (Å²) in [4.78, 5) is 16.1. The number of carbonyl (C=O) groups is 1. The normalized spacial score (nSPS) is 20.1. The number of hydrogen-bond donors (Lipinski definition) is 2. The standard InChI is InChI=1S/C26H30F3N3O3/c1-15-9-19(14-25(3,4)13-15)32-22-10-16(2)17(12-23(33)34)11-21(22)31-24(32)30-18-5-7-20(8-6-18)35-26(27,28)29/h5-8,10-11,15,19H,9,12-14H2,1-4H3,(H,30,31)(H,33,34)/t15-,19+/m0/s1. The van der Waals surface area contributed by atoms with Crippen LogP contribution >= 0.6 is 0 Å². The minimum atomic E-state index is -4.75. The minimum Gasteiger partial charge on any atom is -0.481 e. The number of aliphatic carboxylic acids is 1. The second-order valence-corrected chi connectivity index (χ2v) is 10.4. The first kappa shape index (κ1) is 24.9. The number of imidazole rings is 1. The SMILES string of the molecule is Cc1cc2c(cc1CC(=O)O)nc(Nc1ccc(OC(F)(F)F)cc1)n2[C@@H]1C[C@H](C)CC(C)(C)C1. The average molecular weight is 490 g/mol. The summed E-state index contributed by atoms with van der Waals surface area (Å²) in [5.41, 5.74) is 3.89. The van der Waals surface area contributed by atoms with E-state index < -0.39 is 12.3 Å². The number of nitrogens with one attached hydrogen (secondary N) is 1. The topological polar surface area (TPSA) is 76.4 Å². The van der Waals surface area contributed by atoms with Crippen LogP contribution in [0, 0.1) is 18.3 Å². The molecule has 0 spiro atoms. The molecule has 0 unspecified atom stereocenters. The van der Waals surface area contributed by atoms with Gasteiger partial charge in [0.15, 0.2) is 0 Å². The molecule has 1 heterocycles. The largest absolute Gasteiger partial charge is 0.573 e. The fraction of sp³-hybridized carbons (Fsp3) is 0.462. The van der Waals surface area contributed by atoms with Crippen molar-refractivity contribution in [3.63, 3.8) is 0 Å². The summed E-state index contributed by atoms with van der Waals surface area (Å²) in [6.45, 7) is 8.67. The number of halogens is 3. The quantitative estimate of drug-likeness (QED) is 0.390. The Morgan fingerprint density at radius 3 is 2.51 bits per heavy atom. The van der Waals surface area contributed by atoms with Crippen LogP contribution in [0.15, 0.2) is 36.4 Å². The van der Waals surface area contributed by atoms with Gasteiger partial charge in [0.2, 0.25) is 5.95 Å². The number of hydrogen-bond acceptors (Lipinski definition) is 4. The number of nitrogens with zero attached hydrogens (tertiary/aromatic N) is 2. The summed E-state index contributed by atoms with van der Waals surface area (Å²) in [7, 11) is 0. The Labute approximate surface area is 202 Å². The van der Waals surface area contributed by atoms with Crippen molar-refractivity contribution in [2.24, 2.45) is 11.3 Å². The van der Waals surface area contributed by atoms with Gasteiger partial charge in [0.05, 0.1) is 17.5 Å². The van der Waals surface area contributed by atoms with Gasteiger partial charge >= 0.3 is 12.3 Å². The Bertz CT molecular complexity index is 1230. The molecule has 0 radical (unpaired) electrons. The van der Waals surface area contributed by atoms with Gasteiger partial charge in [-0.15, -0.1) is 13.2 Å². The minimum absolute atomic E-state index is 0.0917. The maximum Gasteiger partial charge on any atom is 0.573 e. The second-order valence-electron chi connectivity index (χ2n) is 10.4. The highest BCUT2D eigenvalue weighted by atomic mass is 19.4. The van der Waals surface area contributed by atoms with E-state index in [1.807, 2.05) is 19.1 Å². The van der Waals surface area contributed by atoms with Gasteiger partial charge in [-0.25, -0.2) is 4.98 Å². The molecule has 2 aromatic carbocycles. The van der Waals surface area contributed by atoms with Gasteiger partial charge in [-0.3, -0.25) is 4.79 Å². The summed E-state index contributed by atoms with van der Waals surface area (Å²) in [6, 6.07) is 9.50.